The largest absolute Gasteiger partial charge is 0.415 e. The SMILES string of the molecule is Cc1cccc(OC(=O)N2CCN(C(=O)c3ccc(NS(=O)(=O)c4cccc5cccnc45)cc3)CC2)c1. The maximum Gasteiger partial charge on any atom is 0.415 e. The molecule has 2 heterocycles. The van der Waals surface area contributed by atoms with Crippen molar-refractivity contribution in [1.29, 1.82) is 0 Å². The van der Waals surface area contributed by atoms with Crippen LogP contribution in [0.25, 0.3) is 10.9 Å². The van der Waals surface area contributed by atoms with Gasteiger partial charge >= 0.3 is 6.09 Å². The number of aryl methyl sites for hydroxylation is 1. The Hall–Kier alpha value is -4.44. The Bertz CT molecular complexity index is 1590. The second-order valence-corrected chi connectivity index (χ2v) is 10.6. The molecule has 1 fully saturated rings. The smallest absolute Gasteiger partial charge is 0.410 e. The summed E-state index contributed by atoms with van der Waals surface area (Å²) < 4.78 is 34.1. The summed E-state index contributed by atoms with van der Waals surface area (Å²) in [6.45, 7) is 3.36. The van der Waals surface area contributed by atoms with E-state index in [1.165, 1.54) is 6.07 Å². The fourth-order valence-electron chi connectivity index (χ4n) is 4.30. The number of amides is 2. The van der Waals surface area contributed by atoms with E-state index in [2.05, 4.69) is 9.71 Å². The molecule has 0 unspecified atom stereocenters. The summed E-state index contributed by atoms with van der Waals surface area (Å²) in [5.74, 6) is 0.297. The van der Waals surface area contributed by atoms with Crippen LogP contribution in [0.3, 0.4) is 0 Å². The van der Waals surface area contributed by atoms with Gasteiger partial charge in [-0.15, -0.1) is 0 Å². The zero-order valence-electron chi connectivity index (χ0n) is 20.7. The molecular weight excluding hydrogens is 504 g/mol. The van der Waals surface area contributed by atoms with E-state index in [9.17, 15) is 18.0 Å². The van der Waals surface area contributed by atoms with Crippen LogP contribution < -0.4 is 9.46 Å². The van der Waals surface area contributed by atoms with Gasteiger partial charge in [0.05, 0.1) is 5.52 Å². The highest BCUT2D eigenvalue weighted by Crippen LogP contribution is 2.24. The fourth-order valence-corrected chi connectivity index (χ4v) is 5.54. The number of rotatable bonds is 5. The van der Waals surface area contributed by atoms with Crippen molar-refractivity contribution < 1.29 is 22.7 Å². The van der Waals surface area contributed by atoms with Gasteiger partial charge in [-0.05, 0) is 61.0 Å². The molecule has 1 N–H and O–H groups in total. The van der Waals surface area contributed by atoms with Crippen LogP contribution in [0.15, 0.2) is 90.0 Å². The van der Waals surface area contributed by atoms with Crippen molar-refractivity contribution in [2.45, 2.75) is 11.8 Å². The molecule has 5 rings (SSSR count). The number of piperazine rings is 1. The van der Waals surface area contributed by atoms with Gasteiger partial charge < -0.3 is 14.5 Å². The van der Waals surface area contributed by atoms with E-state index in [1.807, 2.05) is 19.1 Å². The summed E-state index contributed by atoms with van der Waals surface area (Å²) in [7, 11) is -3.89. The second kappa shape index (κ2) is 10.5. The molecule has 0 bridgehead atoms. The van der Waals surface area contributed by atoms with Crippen LogP contribution in [0.2, 0.25) is 0 Å². The molecule has 0 aliphatic carbocycles. The quantitative estimate of drug-likeness (QED) is 0.412. The lowest BCUT2D eigenvalue weighted by atomic mass is 10.1. The number of anilines is 1. The van der Waals surface area contributed by atoms with Crippen molar-refractivity contribution in [2.75, 3.05) is 30.9 Å². The van der Waals surface area contributed by atoms with Crippen LogP contribution >= 0.6 is 0 Å². The molecular formula is C28H26N4O5S. The molecule has 3 aromatic carbocycles. The van der Waals surface area contributed by atoms with E-state index in [1.54, 1.807) is 76.7 Å². The van der Waals surface area contributed by atoms with Crippen LogP contribution in [0, 0.1) is 6.92 Å². The highest BCUT2D eigenvalue weighted by Gasteiger charge is 2.26. The van der Waals surface area contributed by atoms with E-state index in [-0.39, 0.29) is 10.8 Å². The van der Waals surface area contributed by atoms with E-state index in [0.29, 0.717) is 48.7 Å². The first-order chi connectivity index (χ1) is 18.3. The van der Waals surface area contributed by atoms with Crippen LogP contribution in [-0.2, 0) is 10.0 Å². The van der Waals surface area contributed by atoms with Crippen molar-refractivity contribution in [3.05, 3.63) is 96.2 Å². The molecule has 38 heavy (non-hydrogen) atoms. The first kappa shape index (κ1) is 25.2. The standard InChI is InChI=1S/C28H26N4O5S/c1-20-5-2-8-24(19-20)37-28(34)32-17-15-31(16-18-32)27(33)22-10-12-23(13-11-22)30-38(35,36)25-9-3-6-21-7-4-14-29-26(21)25/h2-14,19,30H,15-18H2,1H3. The molecule has 1 aliphatic rings. The van der Waals surface area contributed by atoms with Crippen molar-refractivity contribution >= 4 is 38.6 Å². The molecule has 2 amide bonds. The van der Waals surface area contributed by atoms with Gasteiger partial charge in [0, 0.05) is 49.0 Å². The summed E-state index contributed by atoms with van der Waals surface area (Å²) in [5.41, 5.74) is 2.14. The number of carbonyl (C=O) groups excluding carboxylic acids is 2. The molecule has 9 nitrogen and oxygen atoms in total. The Labute approximate surface area is 220 Å². The molecule has 0 saturated carbocycles. The molecule has 0 radical (unpaired) electrons. The number of hydrogen-bond donors (Lipinski definition) is 1. The third kappa shape index (κ3) is 5.45. The van der Waals surface area contributed by atoms with Crippen molar-refractivity contribution in [3.8, 4) is 5.75 Å². The Balaban J connectivity index is 1.20. The minimum absolute atomic E-state index is 0.0783. The number of para-hydroxylation sites is 1. The molecule has 1 saturated heterocycles. The highest BCUT2D eigenvalue weighted by molar-refractivity contribution is 7.93. The van der Waals surface area contributed by atoms with Crippen molar-refractivity contribution in [2.24, 2.45) is 0 Å². The Morgan fingerprint density at radius 3 is 2.29 bits per heavy atom. The van der Waals surface area contributed by atoms with Crippen molar-refractivity contribution in [3.63, 3.8) is 0 Å². The topological polar surface area (TPSA) is 109 Å². The lowest BCUT2D eigenvalue weighted by Crippen LogP contribution is -2.51. The number of nitrogens with one attached hydrogen (secondary N) is 1. The highest BCUT2D eigenvalue weighted by atomic mass is 32.2. The van der Waals surface area contributed by atoms with E-state index >= 15 is 0 Å². The van der Waals surface area contributed by atoms with Gasteiger partial charge in [0.25, 0.3) is 15.9 Å². The maximum atomic E-state index is 13.0. The molecule has 4 aromatic rings. The minimum atomic E-state index is -3.89. The molecule has 1 aliphatic heterocycles. The first-order valence-corrected chi connectivity index (χ1v) is 13.6. The van der Waals surface area contributed by atoms with Gasteiger partial charge in [0.15, 0.2) is 0 Å². The fraction of sp³-hybridized carbons (Fsp3) is 0.179. The van der Waals surface area contributed by atoms with Crippen molar-refractivity contribution in [1.82, 2.24) is 14.8 Å². The summed E-state index contributed by atoms with van der Waals surface area (Å²) in [6.07, 6.45) is 1.11. The van der Waals surface area contributed by atoms with E-state index in [4.69, 9.17) is 4.74 Å². The van der Waals surface area contributed by atoms with Gasteiger partial charge in [-0.1, -0.05) is 30.3 Å². The summed E-state index contributed by atoms with van der Waals surface area (Å²) in [4.78, 5) is 33.0. The lowest BCUT2D eigenvalue weighted by Gasteiger charge is -2.34. The summed E-state index contributed by atoms with van der Waals surface area (Å²) >= 11 is 0. The number of carbonyl (C=O) groups is 2. The average Bonchev–Trinajstić information content (AvgIpc) is 2.92. The number of sulfonamides is 1. The van der Waals surface area contributed by atoms with Gasteiger partial charge in [0.1, 0.15) is 10.6 Å². The molecule has 194 valence electrons. The molecule has 0 atom stereocenters. The van der Waals surface area contributed by atoms with Crippen LogP contribution in [0.1, 0.15) is 15.9 Å². The predicted molar refractivity (Wildman–Crippen MR) is 144 cm³/mol. The third-order valence-corrected chi connectivity index (χ3v) is 7.70. The minimum Gasteiger partial charge on any atom is -0.410 e. The predicted octanol–water partition coefficient (Wildman–Crippen LogP) is 4.30. The number of benzene rings is 3. The van der Waals surface area contributed by atoms with E-state index in [0.717, 1.165) is 10.9 Å². The molecule has 0 spiro atoms. The third-order valence-electron chi connectivity index (χ3n) is 6.29. The Morgan fingerprint density at radius 1 is 0.868 bits per heavy atom. The summed E-state index contributed by atoms with van der Waals surface area (Å²) in [6, 6.07) is 22.1. The Kier molecular flexibility index (Phi) is 6.97. The number of nitrogens with zero attached hydrogens (tertiary/aromatic N) is 3. The lowest BCUT2D eigenvalue weighted by molar-refractivity contribution is 0.0633. The van der Waals surface area contributed by atoms with Gasteiger partial charge in [-0.25, -0.2) is 13.2 Å². The molecule has 1 aromatic heterocycles. The van der Waals surface area contributed by atoms with Gasteiger partial charge in [-0.3, -0.25) is 14.5 Å². The van der Waals surface area contributed by atoms with Crippen LogP contribution in [0.5, 0.6) is 5.75 Å². The zero-order valence-corrected chi connectivity index (χ0v) is 21.5. The number of pyridine rings is 1. The van der Waals surface area contributed by atoms with Gasteiger partial charge in [0.2, 0.25) is 0 Å². The normalized spacial score (nSPS) is 13.8. The number of aromatic nitrogens is 1. The number of fused-ring (bicyclic) bond motifs is 1. The monoisotopic (exact) mass is 530 g/mol. The van der Waals surface area contributed by atoms with Gasteiger partial charge in [-0.2, -0.15) is 0 Å². The Morgan fingerprint density at radius 2 is 1.55 bits per heavy atom. The number of ether oxygens (including phenoxy) is 1. The first-order valence-electron chi connectivity index (χ1n) is 12.1. The van der Waals surface area contributed by atoms with Crippen LogP contribution in [0.4, 0.5) is 10.5 Å². The second-order valence-electron chi connectivity index (χ2n) is 8.98. The zero-order chi connectivity index (χ0) is 26.7. The summed E-state index contributed by atoms with van der Waals surface area (Å²) in [5, 5.41) is 0.722. The van der Waals surface area contributed by atoms with E-state index < -0.39 is 16.1 Å². The molecule has 10 heteroatoms. The maximum absolute atomic E-state index is 13.0. The average molecular weight is 531 g/mol. The number of hydrogen-bond acceptors (Lipinski definition) is 6. The van der Waals surface area contributed by atoms with Crippen LogP contribution in [-0.4, -0.2) is 61.4 Å².